The van der Waals surface area contributed by atoms with E-state index in [1.165, 1.54) is 4.90 Å². The summed E-state index contributed by atoms with van der Waals surface area (Å²) in [7, 11) is 3.33. The maximum absolute atomic E-state index is 16.6. The molecule has 15 heteroatoms. The Morgan fingerprint density at radius 1 is 1.00 bits per heavy atom. The van der Waals surface area contributed by atoms with Gasteiger partial charge in [-0.1, -0.05) is 24.3 Å². The van der Waals surface area contributed by atoms with E-state index >= 15 is 4.39 Å². The van der Waals surface area contributed by atoms with E-state index in [1.807, 2.05) is 41.1 Å². The number of pyridine rings is 1. The number of halogens is 1. The molecule has 7 heterocycles. The molecular weight excluding hydrogens is 752 g/mol. The number of nitrogens with one attached hydrogen (secondary N) is 2. The third kappa shape index (κ3) is 7.32. The van der Waals surface area contributed by atoms with E-state index < -0.39 is 11.8 Å². The monoisotopic (exact) mass is 796 g/mol. The second kappa shape index (κ2) is 15.5. The first kappa shape index (κ1) is 37.8. The van der Waals surface area contributed by atoms with Crippen LogP contribution in [-0.4, -0.2) is 105 Å². The summed E-state index contributed by atoms with van der Waals surface area (Å²) in [5, 5.41) is 7.20. The Kier molecular flexibility index (Phi) is 9.95. The first-order valence-corrected chi connectivity index (χ1v) is 20.0. The van der Waals surface area contributed by atoms with Crippen LogP contribution in [0.2, 0.25) is 0 Å². The number of imidazole rings is 1. The van der Waals surface area contributed by atoms with Crippen molar-refractivity contribution in [1.29, 1.82) is 0 Å². The largest absolute Gasteiger partial charge is 0.371 e. The third-order valence-electron chi connectivity index (χ3n) is 11.7. The molecule has 3 aliphatic heterocycles. The van der Waals surface area contributed by atoms with E-state index in [1.54, 1.807) is 47.0 Å². The molecule has 2 saturated heterocycles. The van der Waals surface area contributed by atoms with E-state index in [0.29, 0.717) is 60.9 Å². The zero-order valence-electron chi connectivity index (χ0n) is 33.0. The molecule has 2 fully saturated rings. The zero-order valence-corrected chi connectivity index (χ0v) is 33.0. The van der Waals surface area contributed by atoms with E-state index in [0.717, 1.165) is 59.5 Å². The number of benzene rings is 2. The number of aromatic nitrogens is 5. The van der Waals surface area contributed by atoms with Gasteiger partial charge < -0.3 is 19.7 Å². The molecule has 0 unspecified atom stereocenters. The van der Waals surface area contributed by atoms with E-state index in [4.69, 9.17) is 0 Å². The highest BCUT2D eigenvalue weighted by atomic mass is 19.1. The van der Waals surface area contributed by atoms with Crippen LogP contribution in [0.15, 0.2) is 85.5 Å². The number of carbonyl (C=O) groups excluding carboxylic acids is 4. The lowest BCUT2D eigenvalue weighted by molar-refractivity contribution is -0.131. The Balaban J connectivity index is 0.902. The second-order valence-electron chi connectivity index (χ2n) is 15.8. The van der Waals surface area contributed by atoms with Crippen molar-refractivity contribution in [3.05, 3.63) is 108 Å². The van der Waals surface area contributed by atoms with E-state index in [2.05, 4.69) is 55.6 Å². The molecule has 0 saturated carbocycles. The van der Waals surface area contributed by atoms with Crippen molar-refractivity contribution in [2.75, 3.05) is 56.6 Å². The van der Waals surface area contributed by atoms with Crippen LogP contribution in [0.25, 0.3) is 33.3 Å². The number of nitrogens with zero attached hydrogens (tertiary/aromatic N) is 8. The van der Waals surface area contributed by atoms with Gasteiger partial charge in [-0.15, -0.1) is 0 Å². The lowest BCUT2D eigenvalue weighted by Gasteiger charge is -2.41. The molecule has 0 bridgehead atoms. The number of hydrogen-bond donors (Lipinski definition) is 2. The van der Waals surface area contributed by atoms with Crippen LogP contribution >= 0.6 is 0 Å². The molecule has 302 valence electrons. The van der Waals surface area contributed by atoms with Crippen LogP contribution in [-0.2, 0) is 22.6 Å². The average Bonchev–Trinajstić information content (AvgIpc) is 4.01. The zero-order chi connectivity index (χ0) is 40.8. The summed E-state index contributed by atoms with van der Waals surface area (Å²) in [6.45, 7) is 3.47. The van der Waals surface area contributed by atoms with Gasteiger partial charge >= 0.3 is 6.03 Å². The highest BCUT2D eigenvalue weighted by molar-refractivity contribution is 6.06. The molecule has 0 radical (unpaired) electrons. The van der Waals surface area contributed by atoms with Crippen molar-refractivity contribution in [3.8, 4) is 11.1 Å². The molecule has 6 aromatic rings. The van der Waals surface area contributed by atoms with Crippen molar-refractivity contribution in [2.24, 2.45) is 5.92 Å². The fraction of sp³-hybridized carbons (Fsp3) is 0.318. The standard InChI is InChI=1S/C44H45FN10O4/c1-50(2)43(58)36-23-35-33(22-34(40(45)41(35)48-36)31-7-3-17-51(27-31)39(57)15-20-53-18-5-16-47-53)29-10-12-32(13-11-29)52-25-28(26-52)8-9-30-6-4-19-54-38(24-46-42(30)54)55-21-14-37(56)49-44(55)59/h4-7,10-13,16,18-19,22-24,28,48H,3,8-9,14-15,17,20-21,25-27H2,1-2H3,(H,49,56,59). The Morgan fingerprint density at radius 2 is 1.83 bits per heavy atom. The van der Waals surface area contributed by atoms with Crippen molar-refractivity contribution >= 4 is 57.4 Å². The fourth-order valence-electron chi connectivity index (χ4n) is 8.45. The molecule has 9 rings (SSSR count). The predicted molar refractivity (Wildman–Crippen MR) is 222 cm³/mol. The molecule has 3 aliphatic rings. The fourth-order valence-corrected chi connectivity index (χ4v) is 8.45. The normalized spacial score (nSPS) is 16.1. The Morgan fingerprint density at radius 3 is 2.59 bits per heavy atom. The molecule has 0 aliphatic carbocycles. The van der Waals surface area contributed by atoms with Crippen molar-refractivity contribution in [1.82, 2.24) is 39.3 Å². The van der Waals surface area contributed by atoms with Gasteiger partial charge in [0, 0.05) is 101 Å². The maximum atomic E-state index is 16.6. The number of imide groups is 1. The molecule has 2 N–H and O–H groups in total. The molecule has 2 aromatic carbocycles. The van der Waals surface area contributed by atoms with Gasteiger partial charge in [-0.25, -0.2) is 14.2 Å². The minimum atomic E-state index is -0.446. The van der Waals surface area contributed by atoms with Crippen molar-refractivity contribution < 1.29 is 23.6 Å². The van der Waals surface area contributed by atoms with Crippen molar-refractivity contribution in [2.45, 2.75) is 38.6 Å². The SMILES string of the molecule is CN(C)C(=O)c1cc2c(-c3ccc(N4CC(CCc5cccn6c(N7CCC(=O)NC7=O)cnc56)C4)cc3)cc(C3=CCCN(C(=O)CCn4cccn4)C3)c(F)c2[nH]1. The van der Waals surface area contributed by atoms with Crippen LogP contribution in [0.4, 0.5) is 20.7 Å². The van der Waals surface area contributed by atoms with Gasteiger partial charge in [0.25, 0.3) is 5.91 Å². The number of aromatic amines is 1. The van der Waals surface area contributed by atoms with E-state index in [9.17, 15) is 19.2 Å². The highest BCUT2D eigenvalue weighted by Gasteiger charge is 2.30. The first-order chi connectivity index (χ1) is 28.6. The van der Waals surface area contributed by atoms with Crippen molar-refractivity contribution in [3.63, 3.8) is 0 Å². The summed E-state index contributed by atoms with van der Waals surface area (Å²) in [4.78, 5) is 65.3. The summed E-state index contributed by atoms with van der Waals surface area (Å²) in [6, 6.07) is 17.3. The molecule has 14 nitrogen and oxygen atoms in total. The van der Waals surface area contributed by atoms with Gasteiger partial charge in [-0.05, 0) is 83.8 Å². The summed E-state index contributed by atoms with van der Waals surface area (Å²) >= 11 is 0. The first-order valence-electron chi connectivity index (χ1n) is 20.0. The number of amides is 5. The summed E-state index contributed by atoms with van der Waals surface area (Å²) < 4.78 is 20.2. The second-order valence-corrected chi connectivity index (χ2v) is 15.8. The number of hydrogen-bond acceptors (Lipinski definition) is 7. The average molecular weight is 797 g/mol. The molecule has 4 aromatic heterocycles. The number of fused-ring (bicyclic) bond motifs is 2. The summed E-state index contributed by atoms with van der Waals surface area (Å²) in [5.74, 6) is 0.162. The number of urea groups is 1. The van der Waals surface area contributed by atoms with Gasteiger partial charge in [0.15, 0.2) is 5.82 Å². The van der Waals surface area contributed by atoms with Gasteiger partial charge in [0.05, 0.1) is 11.7 Å². The predicted octanol–water partition coefficient (Wildman–Crippen LogP) is 5.74. The van der Waals surface area contributed by atoms with Crippen LogP contribution in [0.1, 0.15) is 47.3 Å². The van der Waals surface area contributed by atoms with Crippen LogP contribution in [0, 0.1) is 11.7 Å². The lowest BCUT2D eigenvalue weighted by atomic mass is 9.91. The van der Waals surface area contributed by atoms with Gasteiger partial charge in [0.2, 0.25) is 11.8 Å². The van der Waals surface area contributed by atoms with Crippen LogP contribution in [0.3, 0.4) is 0 Å². The maximum Gasteiger partial charge on any atom is 0.329 e. The van der Waals surface area contributed by atoms with Crippen LogP contribution < -0.4 is 15.1 Å². The van der Waals surface area contributed by atoms with Crippen LogP contribution in [0.5, 0.6) is 0 Å². The Labute approximate surface area is 339 Å². The quantitative estimate of drug-likeness (QED) is 0.170. The molecular formula is C44H45FN10O4. The number of aryl methyl sites for hydroxylation is 2. The smallest absolute Gasteiger partial charge is 0.329 e. The number of rotatable bonds is 11. The molecule has 0 atom stereocenters. The third-order valence-corrected chi connectivity index (χ3v) is 11.7. The Hall–Kier alpha value is -6.77. The minimum absolute atomic E-state index is 0.00949. The van der Waals surface area contributed by atoms with Gasteiger partial charge in [0.1, 0.15) is 17.2 Å². The van der Waals surface area contributed by atoms with E-state index in [-0.39, 0.29) is 36.2 Å². The van der Waals surface area contributed by atoms with Gasteiger partial charge in [-0.2, -0.15) is 5.10 Å². The molecule has 5 amide bonds. The lowest BCUT2D eigenvalue weighted by Crippen LogP contribution is -2.50. The molecule has 59 heavy (non-hydrogen) atoms. The summed E-state index contributed by atoms with van der Waals surface area (Å²) in [6.07, 6.45) is 12.1. The number of anilines is 2. The topological polar surface area (TPSA) is 144 Å². The van der Waals surface area contributed by atoms with Gasteiger partial charge in [-0.3, -0.25) is 33.7 Å². The highest BCUT2D eigenvalue weighted by Crippen LogP contribution is 2.38. The number of carbonyl (C=O) groups is 4. The molecule has 0 spiro atoms. The number of H-pyrrole nitrogens is 1. The Bertz CT molecular complexity index is 2620. The minimum Gasteiger partial charge on any atom is -0.371 e. The summed E-state index contributed by atoms with van der Waals surface area (Å²) in [5.41, 5.74) is 6.41.